The Hall–Kier alpha value is -2.14. The third-order valence-electron chi connectivity index (χ3n) is 4.47. The van der Waals surface area contributed by atoms with Gasteiger partial charge < -0.3 is 10.2 Å². The smallest absolute Gasteiger partial charge is 0.263 e. The summed E-state index contributed by atoms with van der Waals surface area (Å²) < 4.78 is 0. The van der Waals surface area contributed by atoms with Crippen LogP contribution in [0.15, 0.2) is 47.8 Å². The SMILES string of the molecule is C[C@@H](NC(=O)[C@H]1CCCN(C(=O)c2cccs2)C1)c1ccccc1. The molecule has 5 heteroatoms. The molecule has 24 heavy (non-hydrogen) atoms. The second-order valence-electron chi connectivity index (χ2n) is 6.21. The number of amides is 2. The molecule has 1 aromatic carbocycles. The molecular weight excluding hydrogens is 320 g/mol. The average Bonchev–Trinajstić information content (AvgIpc) is 3.16. The standard InChI is InChI=1S/C19H22N2O2S/c1-14(15-7-3-2-4-8-15)20-18(22)16-9-5-11-21(13-16)19(23)17-10-6-12-24-17/h2-4,6-8,10,12,14,16H,5,9,11,13H2,1H3,(H,20,22)/t14-,16+/m1/s1. The summed E-state index contributed by atoms with van der Waals surface area (Å²) in [6.45, 7) is 3.23. The Bertz CT molecular complexity index is 685. The minimum atomic E-state index is -0.131. The highest BCUT2D eigenvalue weighted by molar-refractivity contribution is 7.12. The van der Waals surface area contributed by atoms with Gasteiger partial charge >= 0.3 is 0 Å². The molecule has 1 aromatic heterocycles. The minimum absolute atomic E-state index is 0.0259. The Kier molecular flexibility index (Phi) is 5.30. The van der Waals surface area contributed by atoms with Gasteiger partial charge in [0.05, 0.1) is 16.8 Å². The lowest BCUT2D eigenvalue weighted by Crippen LogP contribution is -2.45. The Labute approximate surface area is 146 Å². The van der Waals surface area contributed by atoms with E-state index < -0.39 is 0 Å². The van der Waals surface area contributed by atoms with Gasteiger partial charge in [0, 0.05) is 13.1 Å². The first-order valence-corrected chi connectivity index (χ1v) is 9.21. The third-order valence-corrected chi connectivity index (χ3v) is 5.33. The van der Waals surface area contributed by atoms with E-state index >= 15 is 0 Å². The van der Waals surface area contributed by atoms with Gasteiger partial charge in [-0.1, -0.05) is 36.4 Å². The quantitative estimate of drug-likeness (QED) is 0.925. The van der Waals surface area contributed by atoms with E-state index in [0.29, 0.717) is 6.54 Å². The summed E-state index contributed by atoms with van der Waals surface area (Å²) in [6, 6.07) is 13.6. The van der Waals surface area contributed by atoms with Crippen LogP contribution in [0.2, 0.25) is 0 Å². The molecule has 0 spiro atoms. The third kappa shape index (κ3) is 3.85. The molecule has 2 aromatic rings. The van der Waals surface area contributed by atoms with Crippen LogP contribution in [0.1, 0.15) is 41.0 Å². The van der Waals surface area contributed by atoms with Crippen LogP contribution < -0.4 is 5.32 Å². The monoisotopic (exact) mass is 342 g/mol. The molecule has 1 fully saturated rings. The molecule has 2 amide bonds. The summed E-state index contributed by atoms with van der Waals surface area (Å²) in [5, 5.41) is 4.99. The first-order chi connectivity index (χ1) is 11.6. The molecule has 1 aliphatic rings. The number of rotatable bonds is 4. The maximum atomic E-state index is 12.6. The summed E-state index contributed by atoms with van der Waals surface area (Å²) in [6.07, 6.45) is 1.70. The second kappa shape index (κ2) is 7.62. The van der Waals surface area contributed by atoms with Crippen LogP contribution in [-0.2, 0) is 4.79 Å². The number of carbonyl (C=O) groups excluding carboxylic acids is 2. The Morgan fingerprint density at radius 2 is 2.00 bits per heavy atom. The first-order valence-electron chi connectivity index (χ1n) is 8.33. The number of likely N-dealkylation sites (tertiary alicyclic amines) is 1. The van der Waals surface area contributed by atoms with Crippen LogP contribution in [0.25, 0.3) is 0 Å². The molecule has 2 heterocycles. The summed E-state index contributed by atoms with van der Waals surface area (Å²) in [4.78, 5) is 27.6. The molecule has 1 N–H and O–H groups in total. The van der Waals surface area contributed by atoms with Crippen LogP contribution in [-0.4, -0.2) is 29.8 Å². The van der Waals surface area contributed by atoms with Crippen molar-refractivity contribution < 1.29 is 9.59 Å². The highest BCUT2D eigenvalue weighted by atomic mass is 32.1. The molecular formula is C19H22N2O2S. The molecule has 3 rings (SSSR count). The molecule has 1 aliphatic heterocycles. The molecule has 4 nitrogen and oxygen atoms in total. The van der Waals surface area contributed by atoms with E-state index in [2.05, 4.69) is 5.32 Å². The van der Waals surface area contributed by atoms with E-state index in [1.165, 1.54) is 11.3 Å². The average molecular weight is 342 g/mol. The van der Waals surface area contributed by atoms with E-state index in [1.807, 2.05) is 59.7 Å². The lowest BCUT2D eigenvalue weighted by molar-refractivity contribution is -0.127. The van der Waals surface area contributed by atoms with Crippen LogP contribution >= 0.6 is 11.3 Å². The van der Waals surface area contributed by atoms with Gasteiger partial charge in [0.2, 0.25) is 5.91 Å². The van der Waals surface area contributed by atoms with E-state index in [0.717, 1.165) is 29.8 Å². The maximum Gasteiger partial charge on any atom is 0.263 e. The summed E-state index contributed by atoms with van der Waals surface area (Å²) in [5.74, 6) is -0.0533. The van der Waals surface area contributed by atoms with Gasteiger partial charge in [-0.25, -0.2) is 0 Å². The van der Waals surface area contributed by atoms with E-state index in [-0.39, 0.29) is 23.8 Å². The number of nitrogens with one attached hydrogen (secondary N) is 1. The van der Waals surface area contributed by atoms with Gasteiger partial charge in [0.25, 0.3) is 5.91 Å². The molecule has 126 valence electrons. The fourth-order valence-corrected chi connectivity index (χ4v) is 3.78. The fourth-order valence-electron chi connectivity index (χ4n) is 3.09. The first kappa shape index (κ1) is 16.7. The highest BCUT2D eigenvalue weighted by Gasteiger charge is 2.29. The van der Waals surface area contributed by atoms with Crippen LogP contribution in [0.4, 0.5) is 0 Å². The summed E-state index contributed by atoms with van der Waals surface area (Å²) in [5.41, 5.74) is 1.09. The maximum absolute atomic E-state index is 12.6. The van der Waals surface area contributed by atoms with Gasteiger partial charge in [-0.2, -0.15) is 0 Å². The van der Waals surface area contributed by atoms with E-state index in [9.17, 15) is 9.59 Å². The molecule has 0 saturated carbocycles. The number of hydrogen-bond donors (Lipinski definition) is 1. The van der Waals surface area contributed by atoms with Gasteiger partial charge in [0.15, 0.2) is 0 Å². The number of benzene rings is 1. The van der Waals surface area contributed by atoms with Crippen molar-refractivity contribution in [2.24, 2.45) is 5.92 Å². The normalized spacial score (nSPS) is 18.9. The Morgan fingerprint density at radius 1 is 1.21 bits per heavy atom. The zero-order valence-electron chi connectivity index (χ0n) is 13.8. The summed E-state index contributed by atoms with van der Waals surface area (Å²) in [7, 11) is 0. The van der Waals surface area contributed by atoms with E-state index in [1.54, 1.807) is 0 Å². The molecule has 0 unspecified atom stereocenters. The minimum Gasteiger partial charge on any atom is -0.349 e. The van der Waals surface area contributed by atoms with Crippen LogP contribution in [0.5, 0.6) is 0 Å². The van der Waals surface area contributed by atoms with Crippen LogP contribution in [0.3, 0.4) is 0 Å². The second-order valence-corrected chi connectivity index (χ2v) is 7.16. The molecule has 0 aliphatic carbocycles. The molecule has 2 atom stereocenters. The van der Waals surface area contributed by atoms with Crippen molar-refractivity contribution in [2.75, 3.05) is 13.1 Å². The number of piperidine rings is 1. The van der Waals surface area contributed by atoms with Crippen molar-refractivity contribution in [2.45, 2.75) is 25.8 Å². The molecule has 0 bridgehead atoms. The van der Waals surface area contributed by atoms with Gasteiger partial charge in [-0.05, 0) is 36.8 Å². The number of hydrogen-bond acceptors (Lipinski definition) is 3. The molecule has 0 radical (unpaired) electrons. The fraction of sp³-hybridized carbons (Fsp3) is 0.368. The summed E-state index contributed by atoms with van der Waals surface area (Å²) >= 11 is 1.45. The van der Waals surface area contributed by atoms with Crippen molar-refractivity contribution in [3.63, 3.8) is 0 Å². The number of thiophene rings is 1. The predicted octanol–water partition coefficient (Wildman–Crippen LogP) is 3.48. The lowest BCUT2D eigenvalue weighted by atomic mass is 9.96. The van der Waals surface area contributed by atoms with Gasteiger partial charge in [0.1, 0.15) is 0 Å². The number of nitrogens with zero attached hydrogens (tertiary/aromatic N) is 1. The van der Waals surface area contributed by atoms with Crippen molar-refractivity contribution in [3.05, 3.63) is 58.3 Å². The zero-order chi connectivity index (χ0) is 16.9. The predicted molar refractivity (Wildman–Crippen MR) is 95.9 cm³/mol. The van der Waals surface area contributed by atoms with Crippen molar-refractivity contribution in [1.29, 1.82) is 0 Å². The largest absolute Gasteiger partial charge is 0.349 e. The number of carbonyl (C=O) groups is 2. The van der Waals surface area contributed by atoms with Crippen molar-refractivity contribution in [3.8, 4) is 0 Å². The van der Waals surface area contributed by atoms with Crippen molar-refractivity contribution >= 4 is 23.2 Å². The van der Waals surface area contributed by atoms with Crippen molar-refractivity contribution in [1.82, 2.24) is 10.2 Å². The topological polar surface area (TPSA) is 49.4 Å². The van der Waals surface area contributed by atoms with Crippen LogP contribution in [0, 0.1) is 5.92 Å². The van der Waals surface area contributed by atoms with E-state index in [4.69, 9.17) is 0 Å². The molecule has 1 saturated heterocycles. The zero-order valence-corrected chi connectivity index (χ0v) is 14.6. The van der Waals surface area contributed by atoms with Gasteiger partial charge in [-0.3, -0.25) is 9.59 Å². The Balaban J connectivity index is 1.60. The Morgan fingerprint density at radius 3 is 2.71 bits per heavy atom. The highest BCUT2D eigenvalue weighted by Crippen LogP contribution is 2.22. The lowest BCUT2D eigenvalue weighted by Gasteiger charge is -2.32. The van der Waals surface area contributed by atoms with Gasteiger partial charge in [-0.15, -0.1) is 11.3 Å².